The van der Waals surface area contributed by atoms with Crippen LogP contribution in [0, 0.1) is 0 Å². The Hall–Kier alpha value is -1.58. The van der Waals surface area contributed by atoms with Crippen molar-refractivity contribution in [1.29, 1.82) is 0 Å². The monoisotopic (exact) mass is 237 g/mol. The Balaban J connectivity index is 2.19. The first-order valence-corrected chi connectivity index (χ1v) is 5.78. The lowest BCUT2D eigenvalue weighted by Crippen LogP contribution is -2.25. The third-order valence-electron chi connectivity index (χ3n) is 3.18. The molecule has 1 N–H and O–H groups in total. The number of carbonyl (C=O) groups is 1. The highest BCUT2D eigenvalue weighted by Crippen LogP contribution is 2.27. The van der Waals surface area contributed by atoms with E-state index < -0.39 is 12.1 Å². The van der Waals surface area contributed by atoms with Gasteiger partial charge in [-0.25, -0.2) is 9.18 Å². The Kier molecular flexibility index (Phi) is 3.31. The number of carboxylic acid groups (broad SMARTS) is 1. The van der Waals surface area contributed by atoms with Crippen LogP contribution in [-0.2, 0) is 17.6 Å². The zero-order valence-corrected chi connectivity index (χ0v) is 9.82. The largest absolute Gasteiger partial charge is 0.479 e. The van der Waals surface area contributed by atoms with Crippen molar-refractivity contribution in [1.82, 2.24) is 0 Å². The Bertz CT molecular complexity index is 433. The Morgan fingerprint density at radius 2 is 2.35 bits per heavy atom. The number of carboxylic acids is 1. The zero-order chi connectivity index (χ0) is 12.4. The SMILES string of the molecule is CN1CCCc2cc(CC(F)C(=O)O)ccc21. The van der Waals surface area contributed by atoms with Crippen molar-refractivity contribution >= 4 is 11.7 Å². The quantitative estimate of drug-likeness (QED) is 0.874. The minimum absolute atomic E-state index is 0.0493. The molecule has 0 bridgehead atoms. The van der Waals surface area contributed by atoms with E-state index in [0.29, 0.717) is 0 Å². The number of halogens is 1. The molecule has 4 heteroatoms. The lowest BCUT2D eigenvalue weighted by molar-refractivity contribution is -0.142. The zero-order valence-electron chi connectivity index (χ0n) is 9.82. The van der Waals surface area contributed by atoms with Gasteiger partial charge in [-0.1, -0.05) is 12.1 Å². The first-order chi connectivity index (χ1) is 8.08. The minimum atomic E-state index is -1.81. The van der Waals surface area contributed by atoms with E-state index in [0.717, 1.165) is 24.9 Å². The fraction of sp³-hybridized carbons (Fsp3) is 0.462. The highest BCUT2D eigenvalue weighted by Gasteiger charge is 2.18. The summed E-state index contributed by atoms with van der Waals surface area (Å²) in [6.07, 6.45) is 0.212. The second kappa shape index (κ2) is 4.73. The molecule has 0 spiro atoms. The third-order valence-corrected chi connectivity index (χ3v) is 3.18. The lowest BCUT2D eigenvalue weighted by Gasteiger charge is -2.27. The number of hydrogen-bond donors (Lipinski definition) is 1. The molecule has 1 aliphatic heterocycles. The van der Waals surface area contributed by atoms with Crippen LogP contribution in [-0.4, -0.2) is 30.8 Å². The van der Waals surface area contributed by atoms with Crippen LogP contribution in [0.25, 0.3) is 0 Å². The van der Waals surface area contributed by atoms with E-state index in [1.807, 2.05) is 25.2 Å². The van der Waals surface area contributed by atoms with Crippen LogP contribution < -0.4 is 4.90 Å². The second-order valence-electron chi connectivity index (χ2n) is 4.50. The van der Waals surface area contributed by atoms with Crippen molar-refractivity contribution in [2.45, 2.75) is 25.4 Å². The summed E-state index contributed by atoms with van der Waals surface area (Å²) in [5, 5.41) is 8.54. The number of hydrogen-bond acceptors (Lipinski definition) is 2. The van der Waals surface area contributed by atoms with Gasteiger partial charge >= 0.3 is 5.97 Å². The summed E-state index contributed by atoms with van der Waals surface area (Å²) in [5.41, 5.74) is 3.12. The van der Waals surface area contributed by atoms with E-state index in [1.165, 1.54) is 11.3 Å². The molecular formula is C13H16FNO2. The van der Waals surface area contributed by atoms with Gasteiger partial charge in [-0.2, -0.15) is 0 Å². The Morgan fingerprint density at radius 1 is 1.59 bits per heavy atom. The molecule has 0 radical (unpaired) electrons. The number of fused-ring (bicyclic) bond motifs is 1. The first kappa shape index (κ1) is 11.9. The molecule has 1 aromatic carbocycles. The molecule has 0 amide bonds. The van der Waals surface area contributed by atoms with Crippen molar-refractivity contribution in [3.8, 4) is 0 Å². The van der Waals surface area contributed by atoms with Crippen molar-refractivity contribution in [3.63, 3.8) is 0 Å². The van der Waals surface area contributed by atoms with E-state index in [4.69, 9.17) is 5.11 Å². The molecule has 1 unspecified atom stereocenters. The van der Waals surface area contributed by atoms with Gasteiger partial charge in [0, 0.05) is 25.7 Å². The molecule has 2 rings (SSSR count). The molecular weight excluding hydrogens is 221 g/mol. The van der Waals surface area contributed by atoms with E-state index >= 15 is 0 Å². The topological polar surface area (TPSA) is 40.5 Å². The third kappa shape index (κ3) is 2.57. The van der Waals surface area contributed by atoms with Gasteiger partial charge in [0.15, 0.2) is 0 Å². The summed E-state index contributed by atoms with van der Waals surface area (Å²) in [7, 11) is 2.03. The maximum Gasteiger partial charge on any atom is 0.338 e. The van der Waals surface area contributed by atoms with E-state index in [1.54, 1.807) is 0 Å². The summed E-state index contributed by atoms with van der Waals surface area (Å²) in [4.78, 5) is 12.6. The standard InChI is InChI=1S/C13H16FNO2/c1-15-6-2-3-10-7-9(4-5-12(10)15)8-11(14)13(16)17/h4-5,7,11H,2-3,6,8H2,1H3,(H,16,17). The van der Waals surface area contributed by atoms with Crippen LogP contribution in [0.2, 0.25) is 0 Å². The molecule has 92 valence electrons. The smallest absolute Gasteiger partial charge is 0.338 e. The van der Waals surface area contributed by atoms with Gasteiger partial charge in [-0.3, -0.25) is 0 Å². The van der Waals surface area contributed by atoms with Crippen molar-refractivity contribution in [2.75, 3.05) is 18.5 Å². The van der Waals surface area contributed by atoms with Crippen LogP contribution in [0.5, 0.6) is 0 Å². The number of rotatable bonds is 3. The van der Waals surface area contributed by atoms with Crippen LogP contribution in [0.15, 0.2) is 18.2 Å². The van der Waals surface area contributed by atoms with E-state index in [-0.39, 0.29) is 6.42 Å². The van der Waals surface area contributed by atoms with Gasteiger partial charge < -0.3 is 10.0 Å². The van der Waals surface area contributed by atoms with Crippen molar-refractivity contribution in [3.05, 3.63) is 29.3 Å². The van der Waals surface area contributed by atoms with Crippen molar-refractivity contribution in [2.24, 2.45) is 0 Å². The fourth-order valence-electron chi connectivity index (χ4n) is 2.26. The minimum Gasteiger partial charge on any atom is -0.479 e. The molecule has 0 aromatic heterocycles. The molecule has 1 aromatic rings. The number of alkyl halides is 1. The molecule has 1 heterocycles. The molecule has 1 aliphatic rings. The van der Waals surface area contributed by atoms with Gasteiger partial charge in [0.05, 0.1) is 0 Å². The van der Waals surface area contributed by atoms with Crippen LogP contribution in [0.4, 0.5) is 10.1 Å². The first-order valence-electron chi connectivity index (χ1n) is 5.78. The van der Waals surface area contributed by atoms with Gasteiger partial charge in [-0.15, -0.1) is 0 Å². The summed E-state index contributed by atoms with van der Waals surface area (Å²) < 4.78 is 13.1. The molecule has 1 atom stereocenters. The molecule has 0 saturated heterocycles. The predicted octanol–water partition coefficient (Wildman–Crippen LogP) is 2.03. The number of anilines is 1. The van der Waals surface area contributed by atoms with E-state index in [2.05, 4.69) is 4.90 Å². The lowest BCUT2D eigenvalue weighted by atomic mass is 9.97. The van der Waals surface area contributed by atoms with Gasteiger partial charge in [0.1, 0.15) is 0 Å². The maximum atomic E-state index is 13.1. The summed E-state index contributed by atoms with van der Waals surface area (Å²) in [5.74, 6) is -1.39. The molecule has 0 saturated carbocycles. The number of aryl methyl sites for hydroxylation is 1. The highest BCUT2D eigenvalue weighted by molar-refractivity contribution is 5.72. The van der Waals surface area contributed by atoms with E-state index in [9.17, 15) is 9.18 Å². The molecule has 3 nitrogen and oxygen atoms in total. The predicted molar refractivity (Wildman–Crippen MR) is 64.3 cm³/mol. The molecule has 17 heavy (non-hydrogen) atoms. The Morgan fingerprint density at radius 3 is 3.06 bits per heavy atom. The highest BCUT2D eigenvalue weighted by atomic mass is 19.1. The number of aliphatic carboxylic acids is 1. The summed E-state index contributed by atoms with van der Waals surface area (Å²) in [6.45, 7) is 1.03. The van der Waals surface area contributed by atoms with Gasteiger partial charge in [0.2, 0.25) is 6.17 Å². The maximum absolute atomic E-state index is 13.1. The van der Waals surface area contributed by atoms with Crippen LogP contribution in [0.3, 0.4) is 0 Å². The molecule has 0 aliphatic carbocycles. The normalized spacial score (nSPS) is 16.5. The number of nitrogens with zero attached hydrogens (tertiary/aromatic N) is 1. The second-order valence-corrected chi connectivity index (χ2v) is 4.50. The molecule has 0 fully saturated rings. The van der Waals surface area contributed by atoms with Crippen LogP contribution in [0.1, 0.15) is 17.5 Å². The average molecular weight is 237 g/mol. The Labute approximate surface area is 99.9 Å². The number of benzene rings is 1. The van der Waals surface area contributed by atoms with Gasteiger partial charge in [-0.05, 0) is 30.0 Å². The fourth-order valence-corrected chi connectivity index (χ4v) is 2.26. The summed E-state index contributed by atoms with van der Waals surface area (Å²) >= 11 is 0. The van der Waals surface area contributed by atoms with Crippen molar-refractivity contribution < 1.29 is 14.3 Å². The van der Waals surface area contributed by atoms with Crippen LogP contribution >= 0.6 is 0 Å². The summed E-state index contributed by atoms with van der Waals surface area (Å²) in [6, 6.07) is 5.70. The average Bonchev–Trinajstić information content (AvgIpc) is 2.29. The van der Waals surface area contributed by atoms with Gasteiger partial charge in [0.25, 0.3) is 0 Å².